The Morgan fingerprint density at radius 1 is 1.29 bits per heavy atom. The number of aliphatic hydroxyl groups is 1. The van der Waals surface area contributed by atoms with Gasteiger partial charge in [-0.1, -0.05) is 19.8 Å². The first-order valence-corrected chi connectivity index (χ1v) is 2.52. The van der Waals surface area contributed by atoms with Crippen LogP contribution in [0.25, 0.3) is 0 Å². The number of aliphatic hydroxyl groups excluding tert-OH is 1. The summed E-state index contributed by atoms with van der Waals surface area (Å²) < 4.78 is 0. The minimum absolute atomic E-state index is 0. The molecule has 0 aliphatic rings. The third kappa shape index (κ3) is 10.8. The van der Waals surface area contributed by atoms with Gasteiger partial charge in [-0.2, -0.15) is 0 Å². The third-order valence-electron chi connectivity index (χ3n) is 0.762. The molecule has 0 aromatic carbocycles. The quantitative estimate of drug-likeness (QED) is 0.762. The van der Waals surface area contributed by atoms with Crippen molar-refractivity contribution in [2.45, 2.75) is 26.2 Å². The number of rotatable bonds is 3. The molecular weight excluding hydrogens is 257 g/mol. The van der Waals surface area contributed by atoms with Crippen LogP contribution < -0.4 is 0 Å². The van der Waals surface area contributed by atoms with E-state index in [0.29, 0.717) is 6.61 Å². The first kappa shape index (κ1) is 10.6. The molecule has 1 nitrogen and oxygen atoms in total. The summed E-state index contributed by atoms with van der Waals surface area (Å²) in [5, 5.41) is 8.20. The third-order valence-corrected chi connectivity index (χ3v) is 0.762. The Bertz CT molecular complexity index is 20.0. The van der Waals surface area contributed by atoms with Gasteiger partial charge >= 0.3 is 0 Å². The van der Waals surface area contributed by atoms with Gasteiger partial charge in [0, 0.05) is 29.0 Å². The zero-order valence-corrected chi connectivity index (χ0v) is 7.94. The number of hydrogen-bond acceptors (Lipinski definition) is 1. The van der Waals surface area contributed by atoms with Crippen molar-refractivity contribution in [3.63, 3.8) is 0 Å². The molecule has 0 aliphatic carbocycles. The molecule has 1 radical (unpaired) electrons. The molecule has 1 N–H and O–H groups in total. The second kappa shape index (κ2) is 9.85. The van der Waals surface area contributed by atoms with E-state index in [-0.39, 0.29) is 22.4 Å². The molecule has 0 spiro atoms. The summed E-state index contributed by atoms with van der Waals surface area (Å²) in [5.74, 6) is 0. The molecule has 0 rings (SSSR count). The summed E-state index contributed by atoms with van der Waals surface area (Å²) in [5.41, 5.74) is 0. The fraction of sp³-hybridized carbons (Fsp3) is 1.00. The van der Waals surface area contributed by atoms with E-state index in [1.54, 1.807) is 0 Å². The normalized spacial score (nSPS) is 7.71. The number of hydrogen-bond donors (Lipinski definition) is 1. The van der Waals surface area contributed by atoms with Crippen LogP contribution in [0.5, 0.6) is 0 Å². The Labute approximate surface area is 60.6 Å². The molecule has 0 heterocycles. The van der Waals surface area contributed by atoms with E-state index in [2.05, 4.69) is 6.92 Å². The van der Waals surface area contributed by atoms with Crippen molar-refractivity contribution < 1.29 is 27.5 Å². The topological polar surface area (TPSA) is 20.2 Å². The minimum Gasteiger partial charge on any atom is -0.396 e. The van der Waals surface area contributed by atoms with Crippen LogP contribution in [0.1, 0.15) is 26.2 Å². The van der Waals surface area contributed by atoms with Crippen molar-refractivity contribution in [1.82, 2.24) is 0 Å². The van der Waals surface area contributed by atoms with Gasteiger partial charge < -0.3 is 5.11 Å². The predicted molar refractivity (Wildman–Crippen MR) is 26.6 cm³/mol. The van der Waals surface area contributed by atoms with Crippen molar-refractivity contribution in [2.24, 2.45) is 0 Å². The molecule has 0 bridgehead atoms. The zero-order valence-electron chi connectivity index (χ0n) is 4.72. The van der Waals surface area contributed by atoms with E-state index in [1.165, 1.54) is 6.42 Å². The SMILES string of the molecule is CCCCCO.[Ta]. The van der Waals surface area contributed by atoms with E-state index >= 15 is 0 Å². The molecule has 43 valence electrons. The monoisotopic (exact) mass is 269 g/mol. The van der Waals surface area contributed by atoms with Gasteiger partial charge in [0.2, 0.25) is 0 Å². The van der Waals surface area contributed by atoms with Crippen LogP contribution in [0.4, 0.5) is 0 Å². The first-order valence-electron chi connectivity index (χ1n) is 2.52. The standard InChI is InChI=1S/C5H12O.Ta/c1-2-3-4-5-6;/h6H,2-5H2,1H3;. The van der Waals surface area contributed by atoms with Gasteiger partial charge in [0.15, 0.2) is 0 Å². The van der Waals surface area contributed by atoms with Crippen molar-refractivity contribution in [3.05, 3.63) is 0 Å². The Morgan fingerprint density at radius 3 is 2.00 bits per heavy atom. The zero-order chi connectivity index (χ0) is 4.83. The van der Waals surface area contributed by atoms with E-state index in [4.69, 9.17) is 5.11 Å². The van der Waals surface area contributed by atoms with Crippen LogP contribution in [0.15, 0.2) is 0 Å². The van der Waals surface area contributed by atoms with E-state index in [9.17, 15) is 0 Å². The molecule has 7 heavy (non-hydrogen) atoms. The average molecular weight is 269 g/mol. The van der Waals surface area contributed by atoms with Crippen molar-refractivity contribution >= 4 is 0 Å². The van der Waals surface area contributed by atoms with Crippen molar-refractivity contribution in [2.75, 3.05) is 6.61 Å². The van der Waals surface area contributed by atoms with Gasteiger partial charge in [-0.05, 0) is 6.42 Å². The van der Waals surface area contributed by atoms with Crippen LogP contribution in [0.3, 0.4) is 0 Å². The summed E-state index contributed by atoms with van der Waals surface area (Å²) in [7, 11) is 0. The van der Waals surface area contributed by atoms with Gasteiger partial charge in [0.1, 0.15) is 0 Å². The second-order valence-corrected chi connectivity index (χ2v) is 1.43. The maximum absolute atomic E-state index is 8.20. The summed E-state index contributed by atoms with van der Waals surface area (Å²) in [4.78, 5) is 0. The largest absolute Gasteiger partial charge is 0.396 e. The Morgan fingerprint density at radius 2 is 1.86 bits per heavy atom. The van der Waals surface area contributed by atoms with Crippen LogP contribution in [0, 0.1) is 0 Å². The molecular formula is C5H12OTa. The van der Waals surface area contributed by atoms with E-state index in [1.807, 2.05) is 0 Å². The van der Waals surface area contributed by atoms with Crippen LogP contribution >= 0.6 is 0 Å². The maximum atomic E-state index is 8.20. The Balaban J connectivity index is 0. The van der Waals surface area contributed by atoms with Crippen LogP contribution in [0.2, 0.25) is 0 Å². The molecule has 0 saturated heterocycles. The second-order valence-electron chi connectivity index (χ2n) is 1.43. The molecule has 0 amide bonds. The van der Waals surface area contributed by atoms with Crippen molar-refractivity contribution in [1.29, 1.82) is 0 Å². The molecule has 0 aromatic rings. The van der Waals surface area contributed by atoms with Crippen LogP contribution in [-0.4, -0.2) is 11.7 Å². The van der Waals surface area contributed by atoms with Gasteiger partial charge in [-0.3, -0.25) is 0 Å². The summed E-state index contributed by atoms with van der Waals surface area (Å²) in [6.45, 7) is 2.48. The summed E-state index contributed by atoms with van der Waals surface area (Å²) in [6, 6.07) is 0. The minimum atomic E-state index is 0. The van der Waals surface area contributed by atoms with Gasteiger partial charge in [-0.25, -0.2) is 0 Å². The fourth-order valence-corrected chi connectivity index (χ4v) is 0.362. The maximum Gasteiger partial charge on any atom is 0.0431 e. The fourth-order valence-electron chi connectivity index (χ4n) is 0.362. The number of unbranched alkanes of at least 4 members (excludes halogenated alkanes) is 2. The molecule has 0 aliphatic heterocycles. The molecule has 0 saturated carbocycles. The average Bonchev–Trinajstić information content (AvgIpc) is 1.61. The van der Waals surface area contributed by atoms with E-state index in [0.717, 1.165) is 12.8 Å². The molecule has 0 atom stereocenters. The van der Waals surface area contributed by atoms with E-state index < -0.39 is 0 Å². The molecule has 0 aromatic heterocycles. The predicted octanol–water partition coefficient (Wildman–Crippen LogP) is 1.17. The van der Waals surface area contributed by atoms with Gasteiger partial charge in [-0.15, -0.1) is 0 Å². The Kier molecular flexibility index (Phi) is 15.0. The van der Waals surface area contributed by atoms with Gasteiger partial charge in [0.25, 0.3) is 0 Å². The van der Waals surface area contributed by atoms with Gasteiger partial charge in [0.05, 0.1) is 0 Å². The summed E-state index contributed by atoms with van der Waals surface area (Å²) in [6.07, 6.45) is 3.33. The molecule has 2 heteroatoms. The smallest absolute Gasteiger partial charge is 0.0431 e. The van der Waals surface area contributed by atoms with Crippen molar-refractivity contribution in [3.8, 4) is 0 Å². The Hall–Kier alpha value is 0.700. The molecule has 0 fully saturated rings. The van der Waals surface area contributed by atoms with Crippen LogP contribution in [-0.2, 0) is 22.4 Å². The first-order chi connectivity index (χ1) is 2.91. The summed E-state index contributed by atoms with van der Waals surface area (Å²) >= 11 is 0. The molecule has 0 unspecified atom stereocenters.